The highest BCUT2D eigenvalue weighted by Crippen LogP contribution is 2.35. The third-order valence-corrected chi connectivity index (χ3v) is 7.93. The van der Waals surface area contributed by atoms with E-state index in [1.54, 1.807) is 47.4 Å². The van der Waals surface area contributed by atoms with Gasteiger partial charge in [-0.25, -0.2) is 13.2 Å². The summed E-state index contributed by atoms with van der Waals surface area (Å²) in [4.78, 5) is 26.3. The number of hydrogen-bond donors (Lipinski definition) is 2. The summed E-state index contributed by atoms with van der Waals surface area (Å²) in [5, 5.41) is 2.92. The van der Waals surface area contributed by atoms with Gasteiger partial charge in [0.1, 0.15) is 6.04 Å². The van der Waals surface area contributed by atoms with Crippen molar-refractivity contribution in [3.05, 3.63) is 88.9 Å². The summed E-state index contributed by atoms with van der Waals surface area (Å²) >= 11 is 6.28. The van der Waals surface area contributed by atoms with Crippen LogP contribution in [0.1, 0.15) is 17.2 Å². The van der Waals surface area contributed by atoms with E-state index in [0.717, 1.165) is 5.56 Å². The number of carbonyl (C=O) groups excluding carboxylic acids is 2. The zero-order valence-corrected chi connectivity index (χ0v) is 19.9. The maximum atomic E-state index is 13.7. The summed E-state index contributed by atoms with van der Waals surface area (Å²) in [5.41, 5.74) is 7.53. The molecule has 1 fully saturated rings. The van der Waals surface area contributed by atoms with Crippen LogP contribution in [0.4, 0.5) is 16.2 Å². The minimum atomic E-state index is -4.04. The van der Waals surface area contributed by atoms with Gasteiger partial charge in [0.2, 0.25) is 15.9 Å². The molecule has 34 heavy (non-hydrogen) atoms. The van der Waals surface area contributed by atoms with E-state index in [-0.39, 0.29) is 23.9 Å². The molecule has 0 saturated carbocycles. The van der Waals surface area contributed by atoms with Crippen molar-refractivity contribution in [3.63, 3.8) is 0 Å². The molecular formula is C24H23ClN4O4S. The Morgan fingerprint density at radius 1 is 1.03 bits per heavy atom. The van der Waals surface area contributed by atoms with Crippen molar-refractivity contribution < 1.29 is 18.0 Å². The van der Waals surface area contributed by atoms with E-state index in [9.17, 15) is 18.0 Å². The van der Waals surface area contributed by atoms with Gasteiger partial charge in [0.15, 0.2) is 0 Å². The standard InChI is InChI=1S/C24H23ClN4O4S/c1-16-7-10-19(15-21(16)25)28-13-14-29(22(23(28)30)17-5-3-2-4-6-17)34(32,33)20-11-8-18(9-12-20)27-24(26)31/h2-12,15,22H,13-14H2,1H3,(H3,26,27,31). The van der Waals surface area contributed by atoms with Crippen LogP contribution >= 0.6 is 11.6 Å². The molecule has 1 atom stereocenters. The molecule has 0 aromatic heterocycles. The van der Waals surface area contributed by atoms with Crippen molar-refractivity contribution in [2.45, 2.75) is 17.9 Å². The topological polar surface area (TPSA) is 113 Å². The van der Waals surface area contributed by atoms with Crippen LogP contribution in [-0.2, 0) is 14.8 Å². The maximum absolute atomic E-state index is 13.7. The Kier molecular flexibility index (Phi) is 6.60. The van der Waals surface area contributed by atoms with Crippen LogP contribution in [0.15, 0.2) is 77.7 Å². The molecule has 1 unspecified atom stereocenters. The Bertz CT molecular complexity index is 1330. The second kappa shape index (κ2) is 9.46. The number of rotatable bonds is 5. The minimum absolute atomic E-state index is 0.00285. The highest BCUT2D eigenvalue weighted by Gasteiger charge is 2.43. The molecule has 4 rings (SSSR count). The lowest BCUT2D eigenvalue weighted by atomic mass is 10.0. The molecule has 0 spiro atoms. The van der Waals surface area contributed by atoms with Gasteiger partial charge in [0, 0.05) is 29.5 Å². The maximum Gasteiger partial charge on any atom is 0.316 e. The predicted octanol–water partition coefficient (Wildman–Crippen LogP) is 3.92. The molecule has 0 aliphatic carbocycles. The molecule has 8 nitrogen and oxygen atoms in total. The number of hydrogen-bond acceptors (Lipinski definition) is 4. The second-order valence-corrected chi connectivity index (χ2v) is 10.2. The van der Waals surface area contributed by atoms with Gasteiger partial charge < -0.3 is 16.0 Å². The third-order valence-electron chi connectivity index (χ3n) is 5.64. The number of amides is 3. The molecule has 3 amide bonds. The number of carbonyl (C=O) groups is 2. The predicted molar refractivity (Wildman–Crippen MR) is 131 cm³/mol. The monoisotopic (exact) mass is 498 g/mol. The minimum Gasteiger partial charge on any atom is -0.351 e. The van der Waals surface area contributed by atoms with Gasteiger partial charge in [-0.1, -0.05) is 48.0 Å². The molecule has 1 aliphatic heterocycles. The normalized spacial score (nSPS) is 16.9. The first kappa shape index (κ1) is 23.7. The van der Waals surface area contributed by atoms with Crippen molar-refractivity contribution in [2.75, 3.05) is 23.3 Å². The molecule has 0 bridgehead atoms. The Labute approximate surface area is 203 Å². The van der Waals surface area contributed by atoms with Gasteiger partial charge in [-0.05, 0) is 54.4 Å². The van der Waals surface area contributed by atoms with E-state index in [4.69, 9.17) is 17.3 Å². The fourth-order valence-electron chi connectivity index (χ4n) is 3.91. The summed E-state index contributed by atoms with van der Waals surface area (Å²) in [6.07, 6.45) is 0. The summed E-state index contributed by atoms with van der Waals surface area (Å²) in [7, 11) is -4.04. The Hall–Kier alpha value is -3.40. The van der Waals surface area contributed by atoms with Gasteiger partial charge in [-0.3, -0.25) is 4.79 Å². The molecule has 3 aromatic rings. The van der Waals surface area contributed by atoms with Crippen molar-refractivity contribution >= 4 is 44.9 Å². The Morgan fingerprint density at radius 2 is 1.71 bits per heavy atom. The van der Waals surface area contributed by atoms with Crippen LogP contribution in [0.3, 0.4) is 0 Å². The third kappa shape index (κ3) is 4.63. The van der Waals surface area contributed by atoms with Gasteiger partial charge >= 0.3 is 6.03 Å². The van der Waals surface area contributed by atoms with Crippen molar-refractivity contribution in [1.82, 2.24) is 4.31 Å². The lowest BCUT2D eigenvalue weighted by Gasteiger charge is -2.40. The van der Waals surface area contributed by atoms with Crippen molar-refractivity contribution in [1.29, 1.82) is 0 Å². The second-order valence-electron chi connectivity index (χ2n) is 7.87. The summed E-state index contributed by atoms with van der Waals surface area (Å²) in [6.45, 7) is 2.12. The summed E-state index contributed by atoms with van der Waals surface area (Å²) < 4.78 is 28.4. The number of anilines is 2. The first-order valence-electron chi connectivity index (χ1n) is 10.5. The molecular weight excluding hydrogens is 476 g/mol. The first-order valence-corrected chi connectivity index (χ1v) is 12.3. The summed E-state index contributed by atoms with van der Waals surface area (Å²) in [5.74, 6) is -0.368. The van der Waals surface area contributed by atoms with Gasteiger partial charge in [-0.2, -0.15) is 4.31 Å². The Morgan fingerprint density at radius 3 is 2.32 bits per heavy atom. The molecule has 3 aromatic carbocycles. The fourth-order valence-corrected chi connectivity index (χ4v) is 5.64. The van der Waals surface area contributed by atoms with Crippen LogP contribution in [0.2, 0.25) is 5.02 Å². The van der Waals surface area contributed by atoms with Crippen molar-refractivity contribution in [2.24, 2.45) is 5.73 Å². The first-order chi connectivity index (χ1) is 16.2. The zero-order chi connectivity index (χ0) is 24.5. The number of primary amides is 1. The van der Waals surface area contributed by atoms with E-state index in [2.05, 4.69) is 5.32 Å². The molecule has 176 valence electrons. The fraction of sp³-hybridized carbons (Fsp3) is 0.167. The SMILES string of the molecule is Cc1ccc(N2CCN(S(=O)(=O)c3ccc(NC(N)=O)cc3)C(c3ccccc3)C2=O)cc1Cl. The average Bonchev–Trinajstić information content (AvgIpc) is 2.81. The van der Waals surface area contributed by atoms with E-state index < -0.39 is 22.1 Å². The lowest BCUT2D eigenvalue weighted by molar-refractivity contribution is -0.124. The number of aryl methyl sites for hydroxylation is 1. The van der Waals surface area contributed by atoms with Gasteiger partial charge in [-0.15, -0.1) is 0 Å². The molecule has 1 saturated heterocycles. The molecule has 1 heterocycles. The number of piperazine rings is 1. The van der Waals surface area contributed by atoms with Crippen LogP contribution < -0.4 is 16.0 Å². The zero-order valence-electron chi connectivity index (χ0n) is 18.3. The van der Waals surface area contributed by atoms with Gasteiger partial charge in [0.05, 0.1) is 4.90 Å². The molecule has 0 radical (unpaired) electrons. The molecule has 10 heteroatoms. The number of nitrogens with zero attached hydrogens (tertiary/aromatic N) is 2. The highest BCUT2D eigenvalue weighted by molar-refractivity contribution is 7.89. The number of benzene rings is 3. The quantitative estimate of drug-likeness (QED) is 0.555. The number of halogens is 1. The number of nitrogens with one attached hydrogen (secondary N) is 1. The summed E-state index contributed by atoms with van der Waals surface area (Å²) in [6, 6.07) is 18.0. The van der Waals surface area contributed by atoms with E-state index in [1.807, 2.05) is 13.0 Å². The van der Waals surface area contributed by atoms with Crippen molar-refractivity contribution in [3.8, 4) is 0 Å². The van der Waals surface area contributed by atoms with E-state index in [0.29, 0.717) is 22.0 Å². The lowest BCUT2D eigenvalue weighted by Crippen LogP contribution is -2.54. The average molecular weight is 499 g/mol. The largest absolute Gasteiger partial charge is 0.351 e. The number of urea groups is 1. The number of nitrogens with two attached hydrogens (primary N) is 1. The van der Waals surface area contributed by atoms with Crippen LogP contribution in [0.25, 0.3) is 0 Å². The number of sulfonamides is 1. The van der Waals surface area contributed by atoms with E-state index >= 15 is 0 Å². The highest BCUT2D eigenvalue weighted by atomic mass is 35.5. The van der Waals surface area contributed by atoms with E-state index in [1.165, 1.54) is 28.6 Å². The van der Waals surface area contributed by atoms with Crippen LogP contribution in [-0.4, -0.2) is 37.8 Å². The van der Waals surface area contributed by atoms with Crippen LogP contribution in [0.5, 0.6) is 0 Å². The smallest absolute Gasteiger partial charge is 0.316 e. The Balaban J connectivity index is 1.72. The molecule has 3 N–H and O–H groups in total. The van der Waals surface area contributed by atoms with Crippen LogP contribution in [0, 0.1) is 6.92 Å². The molecule has 1 aliphatic rings. The van der Waals surface area contributed by atoms with Gasteiger partial charge in [0.25, 0.3) is 0 Å².